The van der Waals surface area contributed by atoms with Crippen LogP contribution in [0.3, 0.4) is 0 Å². The van der Waals surface area contributed by atoms with Crippen molar-refractivity contribution in [2.24, 2.45) is 0 Å². The lowest BCUT2D eigenvalue weighted by atomic mass is 9.92. The Morgan fingerprint density at radius 3 is 2.46 bits per heavy atom. The number of amides is 1. The molecule has 1 fully saturated rings. The van der Waals surface area contributed by atoms with E-state index in [9.17, 15) is 23.1 Å². The van der Waals surface area contributed by atoms with Gasteiger partial charge in [-0.1, -0.05) is 0 Å². The zero-order chi connectivity index (χ0) is 25.4. The highest BCUT2D eigenvalue weighted by molar-refractivity contribution is 5.86. The minimum atomic E-state index is -4.80. The molecule has 188 valence electrons. The second-order valence-corrected chi connectivity index (χ2v) is 9.13. The van der Waals surface area contributed by atoms with Gasteiger partial charge in [0, 0.05) is 19.0 Å². The zero-order valence-corrected chi connectivity index (χ0v) is 19.3. The van der Waals surface area contributed by atoms with Crippen LogP contribution in [0.5, 0.6) is 11.5 Å². The number of rotatable bonds is 6. The topological polar surface area (TPSA) is 108 Å². The fourth-order valence-corrected chi connectivity index (χ4v) is 3.56. The maximum Gasteiger partial charge on any atom is 0.573 e. The molecule has 2 N–H and O–H groups in total. The van der Waals surface area contributed by atoms with Crippen molar-refractivity contribution >= 4 is 17.1 Å². The second kappa shape index (κ2) is 9.25. The summed E-state index contributed by atoms with van der Waals surface area (Å²) in [6.07, 6.45) is -3.52. The Morgan fingerprint density at radius 1 is 1.17 bits per heavy atom. The normalized spacial score (nSPS) is 18.1. The number of alkyl carbamates (subject to hydrolysis) is 1. The average molecular weight is 494 g/mol. The summed E-state index contributed by atoms with van der Waals surface area (Å²) < 4.78 is 54.2. The maximum atomic E-state index is 12.5. The van der Waals surface area contributed by atoms with Crippen LogP contribution in [0.4, 0.5) is 18.0 Å². The van der Waals surface area contributed by atoms with Crippen LogP contribution in [0.25, 0.3) is 16.7 Å². The highest BCUT2D eigenvalue weighted by atomic mass is 19.4. The molecule has 0 radical (unpaired) electrons. The number of carbonyl (C=O) groups excluding carboxylic acids is 1. The van der Waals surface area contributed by atoms with E-state index in [1.165, 1.54) is 35.1 Å². The first kappa shape index (κ1) is 24.6. The first-order valence-corrected chi connectivity index (χ1v) is 10.9. The number of aliphatic hydroxyl groups is 1. The average Bonchev–Trinajstić information content (AvgIpc) is 3.09. The quantitative estimate of drug-likeness (QED) is 0.528. The molecule has 2 aromatic heterocycles. The Kier molecular flexibility index (Phi) is 6.50. The minimum absolute atomic E-state index is 0.0109. The Labute approximate surface area is 198 Å². The van der Waals surface area contributed by atoms with Crippen LogP contribution in [-0.4, -0.2) is 50.1 Å². The lowest BCUT2D eigenvalue weighted by Crippen LogP contribution is -2.37. The third-order valence-corrected chi connectivity index (χ3v) is 5.08. The number of aliphatic hydroxyl groups excluding tert-OH is 1. The van der Waals surface area contributed by atoms with Crippen LogP contribution in [0.2, 0.25) is 0 Å². The van der Waals surface area contributed by atoms with E-state index in [1.54, 1.807) is 26.8 Å². The number of aromatic nitrogens is 3. The molecule has 0 aliphatic heterocycles. The molecule has 0 bridgehead atoms. The van der Waals surface area contributed by atoms with Crippen molar-refractivity contribution in [2.75, 3.05) is 0 Å². The van der Waals surface area contributed by atoms with E-state index in [-0.39, 0.29) is 18.4 Å². The summed E-state index contributed by atoms with van der Waals surface area (Å²) in [4.78, 5) is 16.6. The molecule has 1 aromatic carbocycles. The van der Waals surface area contributed by atoms with E-state index in [2.05, 4.69) is 20.1 Å². The fourth-order valence-electron chi connectivity index (χ4n) is 3.56. The largest absolute Gasteiger partial charge is 0.573 e. The van der Waals surface area contributed by atoms with Crippen molar-refractivity contribution in [1.29, 1.82) is 0 Å². The van der Waals surface area contributed by atoms with Crippen LogP contribution in [0, 0.1) is 0 Å². The van der Waals surface area contributed by atoms with Crippen LogP contribution in [-0.2, 0) is 11.3 Å². The van der Waals surface area contributed by atoms with Gasteiger partial charge in [-0.3, -0.25) is 0 Å². The number of carbonyl (C=O) groups is 1. The first-order chi connectivity index (χ1) is 16.4. The molecule has 0 unspecified atom stereocenters. The molecule has 1 aliphatic rings. The van der Waals surface area contributed by atoms with Gasteiger partial charge in [-0.2, -0.15) is 5.10 Å². The van der Waals surface area contributed by atoms with Gasteiger partial charge >= 0.3 is 12.5 Å². The van der Waals surface area contributed by atoms with Gasteiger partial charge in [-0.25, -0.2) is 14.5 Å². The van der Waals surface area contributed by atoms with E-state index in [0.717, 1.165) is 0 Å². The van der Waals surface area contributed by atoms with E-state index < -0.39 is 24.2 Å². The molecule has 1 amide bonds. The number of benzene rings is 1. The van der Waals surface area contributed by atoms with Crippen LogP contribution in [0.1, 0.15) is 39.3 Å². The molecule has 4 rings (SSSR count). The SMILES string of the molecule is CC(C)(C)OC(=O)NCc1nn(-c2ccc(OC(F)(F)F)cc2)c2nccc(O[C@H]3C[C@@H](O)C3)c12. The summed E-state index contributed by atoms with van der Waals surface area (Å²) in [6, 6.07) is 6.83. The molecule has 35 heavy (non-hydrogen) atoms. The molecule has 1 saturated carbocycles. The lowest BCUT2D eigenvalue weighted by Gasteiger charge is -2.31. The summed E-state index contributed by atoms with van der Waals surface area (Å²) in [6.45, 7) is 5.21. The van der Waals surface area contributed by atoms with Gasteiger partial charge in [-0.05, 0) is 51.1 Å². The van der Waals surface area contributed by atoms with E-state index in [4.69, 9.17) is 9.47 Å². The number of ether oxygens (including phenoxy) is 3. The van der Waals surface area contributed by atoms with Crippen molar-refractivity contribution in [3.05, 3.63) is 42.2 Å². The number of nitrogens with zero attached hydrogens (tertiary/aromatic N) is 3. The fraction of sp³-hybridized carbons (Fsp3) is 0.435. The Bertz CT molecular complexity index is 1200. The maximum absolute atomic E-state index is 12.5. The monoisotopic (exact) mass is 494 g/mol. The minimum Gasteiger partial charge on any atom is -0.489 e. The van der Waals surface area contributed by atoms with E-state index >= 15 is 0 Å². The Balaban J connectivity index is 1.67. The molecule has 0 spiro atoms. The summed E-state index contributed by atoms with van der Waals surface area (Å²) in [5.74, 6) is 0.0983. The summed E-state index contributed by atoms with van der Waals surface area (Å²) in [5.41, 5.74) is 0.543. The number of alkyl halides is 3. The highest BCUT2D eigenvalue weighted by Gasteiger charge is 2.32. The standard InChI is InChI=1S/C23H25F3N4O5/c1-22(2,3)35-21(32)28-12-17-19-18(33-16-10-14(31)11-16)8-9-27-20(19)30(29-17)13-4-6-15(7-5-13)34-23(24,25)26/h4-9,14,16,31H,10-12H2,1-3H3,(H,28,32)/t14-,16+. The molecule has 12 heteroatoms. The van der Waals surface area contributed by atoms with E-state index in [0.29, 0.717) is 41.0 Å². The highest BCUT2D eigenvalue weighted by Crippen LogP contribution is 2.34. The van der Waals surface area contributed by atoms with Crippen LogP contribution < -0.4 is 14.8 Å². The number of hydrogen-bond donors (Lipinski definition) is 2. The van der Waals surface area contributed by atoms with Gasteiger partial charge in [0.1, 0.15) is 23.2 Å². The number of pyridine rings is 1. The Morgan fingerprint density at radius 2 is 1.86 bits per heavy atom. The second-order valence-electron chi connectivity index (χ2n) is 9.13. The Hall–Kier alpha value is -3.54. The van der Waals surface area contributed by atoms with Crippen LogP contribution in [0.15, 0.2) is 36.5 Å². The predicted octanol–water partition coefficient (Wildman–Crippen LogP) is 4.25. The summed E-state index contributed by atoms with van der Waals surface area (Å²) in [7, 11) is 0. The van der Waals surface area contributed by atoms with E-state index in [1.807, 2.05) is 0 Å². The molecule has 2 heterocycles. The van der Waals surface area contributed by atoms with Crippen molar-refractivity contribution < 1.29 is 37.3 Å². The van der Waals surface area contributed by atoms with Gasteiger partial charge in [0.2, 0.25) is 0 Å². The molecule has 0 saturated heterocycles. The van der Waals surface area contributed by atoms with Crippen molar-refractivity contribution in [1.82, 2.24) is 20.1 Å². The molecule has 1 aliphatic carbocycles. The molecule has 0 atom stereocenters. The van der Waals surface area contributed by atoms with Gasteiger partial charge in [0.25, 0.3) is 0 Å². The molecule has 9 nitrogen and oxygen atoms in total. The van der Waals surface area contributed by atoms with Gasteiger partial charge < -0.3 is 24.6 Å². The molecular formula is C23H25F3N4O5. The van der Waals surface area contributed by atoms with Gasteiger partial charge in [0.15, 0.2) is 5.65 Å². The first-order valence-electron chi connectivity index (χ1n) is 10.9. The van der Waals surface area contributed by atoms with Crippen LogP contribution >= 0.6 is 0 Å². The third-order valence-electron chi connectivity index (χ3n) is 5.08. The number of hydrogen-bond acceptors (Lipinski definition) is 7. The zero-order valence-electron chi connectivity index (χ0n) is 19.3. The van der Waals surface area contributed by atoms with Gasteiger partial charge in [0.05, 0.1) is 29.4 Å². The molecule has 3 aromatic rings. The summed E-state index contributed by atoms with van der Waals surface area (Å²) >= 11 is 0. The number of fused-ring (bicyclic) bond motifs is 1. The van der Waals surface area contributed by atoms with Crippen molar-refractivity contribution in [3.8, 4) is 17.2 Å². The number of nitrogens with one attached hydrogen (secondary N) is 1. The lowest BCUT2D eigenvalue weighted by molar-refractivity contribution is -0.274. The summed E-state index contributed by atoms with van der Waals surface area (Å²) in [5, 5.41) is 17.3. The van der Waals surface area contributed by atoms with Crippen molar-refractivity contribution in [2.45, 2.75) is 64.3 Å². The smallest absolute Gasteiger partial charge is 0.489 e. The number of halogens is 3. The predicted molar refractivity (Wildman–Crippen MR) is 118 cm³/mol. The molecular weight excluding hydrogens is 469 g/mol. The third kappa shape index (κ3) is 6.13. The van der Waals surface area contributed by atoms with Gasteiger partial charge in [-0.15, -0.1) is 13.2 Å². The van der Waals surface area contributed by atoms with Crippen molar-refractivity contribution in [3.63, 3.8) is 0 Å².